The molecule has 0 unspecified atom stereocenters. The number of hydrogen-bond acceptors (Lipinski definition) is 7. The number of fused-ring (bicyclic) bond motifs is 6. The molecule has 0 fully saturated rings. The Balaban J connectivity index is 1.78. The monoisotopic (exact) mass is 334 g/mol. The Morgan fingerprint density at radius 2 is 2.00 bits per heavy atom. The van der Waals surface area contributed by atoms with Crippen LogP contribution in [0.2, 0.25) is 0 Å². The highest BCUT2D eigenvalue weighted by Crippen LogP contribution is 2.31. The summed E-state index contributed by atoms with van der Waals surface area (Å²) in [5, 5.41) is 16.4. The first kappa shape index (κ1) is 13.4. The van der Waals surface area contributed by atoms with Gasteiger partial charge in [0.05, 0.1) is 11.3 Å². The van der Waals surface area contributed by atoms with E-state index in [1.807, 2.05) is 24.4 Å². The average molecular weight is 334 g/mol. The molecule has 5 rings (SSSR count). The maximum Gasteiger partial charge on any atom is 0.236 e. The van der Waals surface area contributed by atoms with Gasteiger partial charge in [0.15, 0.2) is 17.1 Å². The van der Waals surface area contributed by atoms with Crippen molar-refractivity contribution < 1.29 is 4.52 Å². The largest absolute Gasteiger partial charge is 0.339 e. The van der Waals surface area contributed by atoms with E-state index in [1.54, 1.807) is 6.20 Å². The third kappa shape index (κ3) is 1.96. The summed E-state index contributed by atoms with van der Waals surface area (Å²) in [6.45, 7) is 0. The molecule has 1 aromatic carbocycles. The molecule has 0 aliphatic heterocycles. The van der Waals surface area contributed by atoms with Gasteiger partial charge in [-0.05, 0) is 17.5 Å². The Bertz CT molecular complexity index is 1170. The number of nitrogens with zero attached hydrogens (tertiary/aromatic N) is 6. The van der Waals surface area contributed by atoms with Gasteiger partial charge < -0.3 is 4.52 Å². The van der Waals surface area contributed by atoms with Crippen LogP contribution in [0.25, 0.3) is 27.3 Å². The van der Waals surface area contributed by atoms with Crippen molar-refractivity contribution >= 4 is 39.1 Å². The first-order chi connectivity index (χ1) is 11.9. The van der Waals surface area contributed by atoms with E-state index < -0.39 is 0 Å². The molecule has 4 heterocycles. The third-order valence-electron chi connectivity index (χ3n) is 3.86. The smallest absolute Gasteiger partial charge is 0.236 e. The van der Waals surface area contributed by atoms with Crippen LogP contribution in [0.1, 0.15) is 5.89 Å². The van der Waals surface area contributed by atoms with Crippen LogP contribution >= 0.6 is 11.8 Å². The molecule has 24 heavy (non-hydrogen) atoms. The van der Waals surface area contributed by atoms with Crippen molar-refractivity contribution in [1.82, 2.24) is 29.7 Å². The predicted octanol–water partition coefficient (Wildman–Crippen LogP) is 3.11. The lowest BCUT2D eigenvalue weighted by atomic mass is 10.1. The molecule has 7 nitrogen and oxygen atoms in total. The molecule has 0 aliphatic rings. The molecule has 0 radical (unpaired) electrons. The molecule has 4 aromatic heterocycles. The number of para-hydroxylation sites is 1. The van der Waals surface area contributed by atoms with Gasteiger partial charge in [-0.15, -0.1) is 10.2 Å². The Morgan fingerprint density at radius 3 is 2.92 bits per heavy atom. The number of hydrogen-bond donors (Lipinski definition) is 0. The van der Waals surface area contributed by atoms with Gasteiger partial charge in [0.25, 0.3) is 0 Å². The highest BCUT2D eigenvalue weighted by molar-refractivity contribution is 7.98. The van der Waals surface area contributed by atoms with Crippen LogP contribution in [0, 0.1) is 0 Å². The van der Waals surface area contributed by atoms with E-state index in [9.17, 15) is 0 Å². The number of rotatable bonds is 3. The average Bonchev–Trinajstić information content (AvgIpc) is 3.30. The van der Waals surface area contributed by atoms with Gasteiger partial charge in [-0.2, -0.15) is 4.98 Å². The number of thioether (sulfide) groups is 1. The van der Waals surface area contributed by atoms with Crippen molar-refractivity contribution in [2.24, 2.45) is 0 Å². The highest BCUT2D eigenvalue weighted by Gasteiger charge is 2.15. The van der Waals surface area contributed by atoms with Crippen molar-refractivity contribution in [3.63, 3.8) is 0 Å². The minimum atomic E-state index is 0.542. The van der Waals surface area contributed by atoms with E-state index in [4.69, 9.17) is 4.52 Å². The fourth-order valence-corrected chi connectivity index (χ4v) is 3.64. The first-order valence-electron chi connectivity index (χ1n) is 7.30. The number of pyridine rings is 2. The van der Waals surface area contributed by atoms with Gasteiger partial charge in [-0.1, -0.05) is 35.1 Å². The molecule has 5 aromatic rings. The summed E-state index contributed by atoms with van der Waals surface area (Å²) in [6, 6.07) is 10.2. The molecule has 0 saturated carbocycles. The molecular weight excluding hydrogens is 324 g/mol. The Morgan fingerprint density at radius 1 is 1.04 bits per heavy atom. The molecule has 116 valence electrons. The van der Waals surface area contributed by atoms with E-state index in [1.165, 1.54) is 18.1 Å². The van der Waals surface area contributed by atoms with E-state index >= 15 is 0 Å². The standard InChI is InChI=1S/C16H10N6OS/c1-2-4-13-11(3-1)10-5-6-17-7-12(10)15-20-21-16(22(13)15)24-8-14-18-9-19-23-14/h1-7,9H,8H2. The third-order valence-corrected chi connectivity index (χ3v) is 4.78. The van der Waals surface area contributed by atoms with Crippen molar-refractivity contribution in [2.75, 3.05) is 0 Å². The van der Waals surface area contributed by atoms with E-state index in [2.05, 4.69) is 41.9 Å². The van der Waals surface area contributed by atoms with Crippen LogP contribution in [0.5, 0.6) is 0 Å². The molecule has 8 heteroatoms. The lowest BCUT2D eigenvalue weighted by molar-refractivity contribution is 0.390. The Kier molecular flexibility index (Phi) is 2.95. The van der Waals surface area contributed by atoms with Crippen molar-refractivity contribution in [1.29, 1.82) is 0 Å². The summed E-state index contributed by atoms with van der Waals surface area (Å²) in [4.78, 5) is 8.29. The normalized spacial score (nSPS) is 11.7. The summed E-state index contributed by atoms with van der Waals surface area (Å²) >= 11 is 1.51. The zero-order valence-corrected chi connectivity index (χ0v) is 13.1. The maximum atomic E-state index is 5.05. The molecule has 0 saturated heterocycles. The highest BCUT2D eigenvalue weighted by atomic mass is 32.2. The lowest BCUT2D eigenvalue weighted by Gasteiger charge is -2.08. The molecule has 0 amide bonds. The molecule has 0 N–H and O–H groups in total. The van der Waals surface area contributed by atoms with Crippen molar-refractivity contribution in [2.45, 2.75) is 10.9 Å². The predicted molar refractivity (Wildman–Crippen MR) is 89.7 cm³/mol. The number of aromatic nitrogens is 6. The minimum Gasteiger partial charge on any atom is -0.339 e. The van der Waals surface area contributed by atoms with Crippen molar-refractivity contribution in [3.8, 4) is 0 Å². The van der Waals surface area contributed by atoms with Gasteiger partial charge in [0.2, 0.25) is 5.89 Å². The summed E-state index contributed by atoms with van der Waals surface area (Å²) in [5.74, 6) is 1.10. The van der Waals surface area contributed by atoms with E-state index in [0.717, 1.165) is 32.5 Å². The number of benzene rings is 1. The lowest BCUT2D eigenvalue weighted by Crippen LogP contribution is -1.94. The van der Waals surface area contributed by atoms with Crippen LogP contribution in [-0.4, -0.2) is 29.7 Å². The zero-order valence-electron chi connectivity index (χ0n) is 12.3. The van der Waals surface area contributed by atoms with Gasteiger partial charge in [-0.25, -0.2) is 0 Å². The van der Waals surface area contributed by atoms with Crippen LogP contribution in [0.4, 0.5) is 0 Å². The van der Waals surface area contributed by atoms with Gasteiger partial charge in [-0.3, -0.25) is 9.38 Å². The first-order valence-corrected chi connectivity index (χ1v) is 8.28. The quantitative estimate of drug-likeness (QED) is 0.370. The van der Waals surface area contributed by atoms with Crippen LogP contribution in [0.15, 0.2) is 58.7 Å². The second-order valence-electron chi connectivity index (χ2n) is 5.20. The summed E-state index contributed by atoms with van der Waals surface area (Å²) in [7, 11) is 0. The molecule has 0 spiro atoms. The second-order valence-corrected chi connectivity index (χ2v) is 6.15. The zero-order chi connectivity index (χ0) is 15.9. The van der Waals surface area contributed by atoms with E-state index in [-0.39, 0.29) is 0 Å². The van der Waals surface area contributed by atoms with Crippen LogP contribution in [-0.2, 0) is 5.75 Å². The molecule has 0 aliphatic carbocycles. The van der Waals surface area contributed by atoms with Crippen molar-refractivity contribution in [3.05, 3.63) is 54.9 Å². The maximum absolute atomic E-state index is 5.05. The molecule has 0 bridgehead atoms. The molecule has 0 atom stereocenters. The van der Waals surface area contributed by atoms with Gasteiger partial charge in [0.1, 0.15) is 0 Å². The molecular formula is C16H10N6OS. The Labute approximate surface area is 139 Å². The fourth-order valence-electron chi connectivity index (χ4n) is 2.84. The summed E-state index contributed by atoms with van der Waals surface area (Å²) in [5.41, 5.74) is 1.86. The van der Waals surface area contributed by atoms with Gasteiger partial charge in [0, 0.05) is 23.2 Å². The second kappa shape index (κ2) is 5.27. The van der Waals surface area contributed by atoms with Crippen LogP contribution < -0.4 is 0 Å². The Hall–Kier alpha value is -3.00. The van der Waals surface area contributed by atoms with Crippen LogP contribution in [0.3, 0.4) is 0 Å². The topological polar surface area (TPSA) is 82.0 Å². The van der Waals surface area contributed by atoms with Gasteiger partial charge >= 0.3 is 0 Å². The van der Waals surface area contributed by atoms with E-state index in [0.29, 0.717) is 11.6 Å². The summed E-state index contributed by atoms with van der Waals surface area (Å²) < 4.78 is 7.11. The SMILES string of the molecule is c1ccc2c(c1)c1ccncc1c1nnc(SCc3ncno3)n21. The minimum absolute atomic E-state index is 0.542. The fraction of sp³-hybridized carbons (Fsp3) is 0.0625. The summed E-state index contributed by atoms with van der Waals surface area (Å²) in [6.07, 6.45) is 5.03.